The van der Waals surface area contributed by atoms with Crippen LogP contribution in [0.5, 0.6) is 0 Å². The lowest BCUT2D eigenvalue weighted by Crippen LogP contribution is -2.46. The standard InChI is InChI=1S/C22H34N2O2/c1-17-9-10-18(2)20(14-17)21(25)16-23-11-7-8-19(15-23)22(26)24-12-5-3-4-6-13-24/h9-10,14,19,21,25H,3-8,11-13,15-16H2,1-2H3/t19-,21-/m1/s1. The van der Waals surface area contributed by atoms with Gasteiger partial charge in [0.05, 0.1) is 12.0 Å². The molecule has 2 heterocycles. The van der Waals surface area contributed by atoms with E-state index in [0.29, 0.717) is 12.5 Å². The number of rotatable bonds is 4. The smallest absolute Gasteiger partial charge is 0.226 e. The average Bonchev–Trinajstić information content (AvgIpc) is 2.92. The number of carbonyl (C=O) groups excluding carboxylic acids is 1. The van der Waals surface area contributed by atoms with Gasteiger partial charge in [-0.15, -0.1) is 0 Å². The Bertz CT molecular complexity index is 608. The fourth-order valence-corrected chi connectivity index (χ4v) is 4.43. The van der Waals surface area contributed by atoms with Gasteiger partial charge in [0.1, 0.15) is 0 Å². The molecule has 2 saturated heterocycles. The second-order valence-electron chi connectivity index (χ2n) is 8.21. The first kappa shape index (κ1) is 19.4. The molecule has 1 aromatic rings. The molecule has 2 atom stereocenters. The van der Waals surface area contributed by atoms with Crippen LogP contribution in [0.15, 0.2) is 18.2 Å². The molecule has 0 aliphatic carbocycles. The van der Waals surface area contributed by atoms with Crippen molar-refractivity contribution in [1.29, 1.82) is 0 Å². The minimum atomic E-state index is -0.484. The van der Waals surface area contributed by atoms with Crippen molar-refractivity contribution in [2.24, 2.45) is 5.92 Å². The summed E-state index contributed by atoms with van der Waals surface area (Å²) in [5.74, 6) is 0.450. The van der Waals surface area contributed by atoms with Crippen LogP contribution in [0.3, 0.4) is 0 Å². The lowest BCUT2D eigenvalue weighted by molar-refractivity contribution is -0.137. The number of aryl methyl sites for hydroxylation is 2. The molecule has 0 aromatic heterocycles. The average molecular weight is 359 g/mol. The first-order chi connectivity index (χ1) is 12.5. The zero-order valence-electron chi connectivity index (χ0n) is 16.4. The molecular formula is C22H34N2O2. The van der Waals surface area contributed by atoms with Crippen molar-refractivity contribution in [3.63, 3.8) is 0 Å². The number of benzene rings is 1. The van der Waals surface area contributed by atoms with Crippen LogP contribution in [0.2, 0.25) is 0 Å². The normalized spacial score (nSPS) is 23.5. The predicted molar refractivity (Wildman–Crippen MR) is 105 cm³/mol. The monoisotopic (exact) mass is 358 g/mol. The number of hydrogen-bond acceptors (Lipinski definition) is 3. The Morgan fingerprint density at radius 2 is 1.85 bits per heavy atom. The van der Waals surface area contributed by atoms with Crippen molar-refractivity contribution in [2.45, 2.75) is 58.5 Å². The molecule has 1 aromatic carbocycles. The van der Waals surface area contributed by atoms with E-state index in [4.69, 9.17) is 0 Å². The van der Waals surface area contributed by atoms with Crippen molar-refractivity contribution in [1.82, 2.24) is 9.80 Å². The first-order valence-electron chi connectivity index (χ1n) is 10.3. The lowest BCUT2D eigenvalue weighted by atomic mass is 9.95. The zero-order valence-corrected chi connectivity index (χ0v) is 16.4. The Labute approximate surface area is 158 Å². The number of aliphatic hydroxyl groups excluding tert-OH is 1. The molecule has 2 aliphatic heterocycles. The molecule has 0 saturated carbocycles. The van der Waals surface area contributed by atoms with E-state index < -0.39 is 6.10 Å². The highest BCUT2D eigenvalue weighted by Gasteiger charge is 2.30. The Hall–Kier alpha value is -1.39. The Morgan fingerprint density at radius 1 is 1.12 bits per heavy atom. The SMILES string of the molecule is Cc1ccc(C)c([C@H](O)CN2CCC[C@@H](C(=O)N3CCCCCC3)C2)c1. The highest BCUT2D eigenvalue weighted by atomic mass is 16.3. The summed E-state index contributed by atoms with van der Waals surface area (Å²) >= 11 is 0. The maximum atomic E-state index is 12.9. The van der Waals surface area contributed by atoms with E-state index in [9.17, 15) is 9.90 Å². The third kappa shape index (κ3) is 4.86. The summed E-state index contributed by atoms with van der Waals surface area (Å²) in [6, 6.07) is 6.25. The van der Waals surface area contributed by atoms with Gasteiger partial charge in [-0.05, 0) is 57.2 Å². The fraction of sp³-hybridized carbons (Fsp3) is 0.682. The summed E-state index contributed by atoms with van der Waals surface area (Å²) in [6.07, 6.45) is 6.35. The fourth-order valence-electron chi connectivity index (χ4n) is 4.43. The van der Waals surface area contributed by atoms with Gasteiger partial charge in [-0.3, -0.25) is 9.69 Å². The maximum Gasteiger partial charge on any atom is 0.226 e. The molecule has 0 spiro atoms. The summed E-state index contributed by atoms with van der Waals surface area (Å²) in [5.41, 5.74) is 3.33. The number of hydrogen-bond donors (Lipinski definition) is 1. The van der Waals surface area contributed by atoms with Crippen LogP contribution in [0, 0.1) is 19.8 Å². The van der Waals surface area contributed by atoms with Crippen LogP contribution < -0.4 is 0 Å². The van der Waals surface area contributed by atoms with E-state index >= 15 is 0 Å². The van der Waals surface area contributed by atoms with Gasteiger partial charge in [-0.25, -0.2) is 0 Å². The summed E-state index contributed by atoms with van der Waals surface area (Å²) in [4.78, 5) is 17.3. The summed E-state index contributed by atoms with van der Waals surface area (Å²) in [5, 5.41) is 10.8. The van der Waals surface area contributed by atoms with Gasteiger partial charge in [0.15, 0.2) is 0 Å². The lowest BCUT2D eigenvalue weighted by Gasteiger charge is -2.35. The molecule has 0 unspecified atom stereocenters. The predicted octanol–water partition coefficient (Wildman–Crippen LogP) is 3.45. The highest BCUT2D eigenvalue weighted by Crippen LogP contribution is 2.25. The van der Waals surface area contributed by atoms with E-state index in [0.717, 1.165) is 63.0 Å². The van der Waals surface area contributed by atoms with Crippen molar-refractivity contribution in [3.05, 3.63) is 34.9 Å². The van der Waals surface area contributed by atoms with Gasteiger partial charge in [0.25, 0.3) is 0 Å². The Morgan fingerprint density at radius 3 is 2.58 bits per heavy atom. The van der Waals surface area contributed by atoms with Gasteiger partial charge < -0.3 is 10.0 Å². The molecule has 26 heavy (non-hydrogen) atoms. The summed E-state index contributed by atoms with van der Waals surface area (Å²) in [6.45, 7) is 8.37. The van der Waals surface area contributed by atoms with Crippen LogP contribution in [-0.2, 0) is 4.79 Å². The van der Waals surface area contributed by atoms with Gasteiger partial charge in [-0.1, -0.05) is 36.6 Å². The van der Waals surface area contributed by atoms with E-state index in [1.165, 1.54) is 18.4 Å². The molecule has 4 nitrogen and oxygen atoms in total. The Kier molecular flexibility index (Phi) is 6.71. The van der Waals surface area contributed by atoms with Gasteiger partial charge in [-0.2, -0.15) is 0 Å². The number of amides is 1. The van der Waals surface area contributed by atoms with E-state index in [1.807, 2.05) is 0 Å². The third-order valence-electron chi connectivity index (χ3n) is 6.00. The van der Waals surface area contributed by atoms with E-state index in [1.54, 1.807) is 0 Å². The van der Waals surface area contributed by atoms with Gasteiger partial charge in [0, 0.05) is 26.2 Å². The van der Waals surface area contributed by atoms with Crippen LogP contribution in [0.1, 0.15) is 61.3 Å². The molecule has 2 aliphatic rings. The van der Waals surface area contributed by atoms with Crippen molar-refractivity contribution in [2.75, 3.05) is 32.7 Å². The van der Waals surface area contributed by atoms with Gasteiger partial charge in [0.2, 0.25) is 5.91 Å². The topological polar surface area (TPSA) is 43.8 Å². The van der Waals surface area contributed by atoms with Crippen molar-refractivity contribution >= 4 is 5.91 Å². The minimum Gasteiger partial charge on any atom is -0.387 e. The largest absolute Gasteiger partial charge is 0.387 e. The molecule has 1 amide bonds. The van der Waals surface area contributed by atoms with Crippen LogP contribution in [0.4, 0.5) is 0 Å². The molecular weight excluding hydrogens is 324 g/mol. The molecule has 2 fully saturated rings. The molecule has 3 rings (SSSR count). The van der Waals surface area contributed by atoms with E-state index in [2.05, 4.69) is 41.8 Å². The number of β-amino-alcohol motifs (C(OH)–C–C–N with tert-alkyl or cyclic N) is 1. The first-order valence-corrected chi connectivity index (χ1v) is 10.3. The third-order valence-corrected chi connectivity index (χ3v) is 6.00. The number of nitrogens with zero attached hydrogens (tertiary/aromatic N) is 2. The maximum absolute atomic E-state index is 12.9. The van der Waals surface area contributed by atoms with E-state index in [-0.39, 0.29) is 5.92 Å². The second-order valence-corrected chi connectivity index (χ2v) is 8.21. The van der Waals surface area contributed by atoms with Gasteiger partial charge >= 0.3 is 0 Å². The van der Waals surface area contributed by atoms with Crippen LogP contribution in [-0.4, -0.2) is 53.5 Å². The minimum absolute atomic E-state index is 0.104. The van der Waals surface area contributed by atoms with Crippen molar-refractivity contribution < 1.29 is 9.90 Å². The molecule has 1 N–H and O–H groups in total. The number of likely N-dealkylation sites (tertiary alicyclic amines) is 2. The number of carbonyl (C=O) groups is 1. The van der Waals surface area contributed by atoms with Crippen molar-refractivity contribution in [3.8, 4) is 0 Å². The molecule has 4 heteroatoms. The summed E-state index contributed by atoms with van der Waals surface area (Å²) < 4.78 is 0. The van der Waals surface area contributed by atoms with Crippen LogP contribution in [0.25, 0.3) is 0 Å². The van der Waals surface area contributed by atoms with Crippen LogP contribution >= 0.6 is 0 Å². The highest BCUT2D eigenvalue weighted by molar-refractivity contribution is 5.79. The number of aliphatic hydroxyl groups is 1. The molecule has 144 valence electrons. The Balaban J connectivity index is 1.59. The number of piperidine rings is 1. The summed E-state index contributed by atoms with van der Waals surface area (Å²) in [7, 11) is 0. The quantitative estimate of drug-likeness (QED) is 0.896. The molecule has 0 bridgehead atoms. The molecule has 0 radical (unpaired) electrons. The zero-order chi connectivity index (χ0) is 18.5. The second kappa shape index (κ2) is 9.01.